The zero-order valence-corrected chi connectivity index (χ0v) is 15.9. The molecule has 148 valence electrons. The Kier molecular flexibility index (Phi) is 5.07. The van der Waals surface area contributed by atoms with Crippen molar-refractivity contribution < 1.29 is 18.8 Å². The van der Waals surface area contributed by atoms with Gasteiger partial charge in [-0.2, -0.15) is 0 Å². The number of fused-ring (bicyclic) bond motifs is 1. The Bertz CT molecular complexity index is 1040. The maximum atomic E-state index is 13.6. The topological polar surface area (TPSA) is 78.5 Å². The fourth-order valence-electron chi connectivity index (χ4n) is 3.55. The van der Waals surface area contributed by atoms with Gasteiger partial charge in [0.05, 0.1) is 22.5 Å². The second-order valence-corrected chi connectivity index (χ2v) is 7.35. The van der Waals surface area contributed by atoms with E-state index in [4.69, 9.17) is 11.6 Å². The van der Waals surface area contributed by atoms with E-state index in [9.17, 15) is 18.8 Å². The molecule has 1 aliphatic carbocycles. The normalized spacial score (nSPS) is 20.8. The number of nitrogens with zero attached hydrogens (tertiary/aromatic N) is 1. The lowest BCUT2D eigenvalue weighted by molar-refractivity contribution is -0.139. The molecule has 0 radical (unpaired) electrons. The average molecular weight is 414 g/mol. The van der Waals surface area contributed by atoms with E-state index >= 15 is 0 Å². The molecule has 1 aliphatic heterocycles. The van der Waals surface area contributed by atoms with Crippen LogP contribution in [0.5, 0.6) is 0 Å². The molecule has 2 aromatic carbocycles. The van der Waals surface area contributed by atoms with Crippen molar-refractivity contribution in [1.82, 2.24) is 5.43 Å². The van der Waals surface area contributed by atoms with E-state index in [0.717, 1.165) is 6.07 Å². The third-order valence-electron chi connectivity index (χ3n) is 5.07. The zero-order chi connectivity index (χ0) is 20.5. The third kappa shape index (κ3) is 3.73. The number of hydrogen-bond donors (Lipinski definition) is 2. The van der Waals surface area contributed by atoms with Gasteiger partial charge in [0.2, 0.25) is 11.8 Å². The van der Waals surface area contributed by atoms with Crippen molar-refractivity contribution in [1.29, 1.82) is 0 Å². The first kappa shape index (κ1) is 19.1. The molecule has 2 atom stereocenters. The molecule has 29 heavy (non-hydrogen) atoms. The molecular weight excluding hydrogens is 397 g/mol. The minimum absolute atomic E-state index is 0.0415. The first-order chi connectivity index (χ1) is 13.9. The molecule has 0 spiro atoms. The molecule has 1 fully saturated rings. The second kappa shape index (κ2) is 7.67. The van der Waals surface area contributed by atoms with Crippen molar-refractivity contribution in [2.45, 2.75) is 12.8 Å². The Balaban J connectivity index is 1.56. The summed E-state index contributed by atoms with van der Waals surface area (Å²) in [5, 5.41) is 3.74. The summed E-state index contributed by atoms with van der Waals surface area (Å²) in [4.78, 5) is 37.8. The number of allylic oxidation sites excluding steroid dienone is 2. The predicted molar refractivity (Wildman–Crippen MR) is 107 cm³/mol. The molecule has 1 saturated heterocycles. The van der Waals surface area contributed by atoms with Crippen LogP contribution in [0.15, 0.2) is 54.6 Å². The van der Waals surface area contributed by atoms with E-state index in [2.05, 4.69) is 10.7 Å². The van der Waals surface area contributed by atoms with Crippen LogP contribution < -0.4 is 15.8 Å². The van der Waals surface area contributed by atoms with Crippen LogP contribution in [-0.4, -0.2) is 17.7 Å². The standard InChI is InChI=1S/C21H17ClFN3O3/c22-17-9-8-13(11-18(17)23)24-19(27)12-4-3-5-14(10-12)26-21(29)16-7-2-1-6-15(16)20(28)25-26/h1-5,8-11,15-16H,6-7H2,(H,24,27)(H,25,28). The lowest BCUT2D eigenvalue weighted by Gasteiger charge is -2.38. The van der Waals surface area contributed by atoms with Crippen LogP contribution in [0.2, 0.25) is 5.02 Å². The van der Waals surface area contributed by atoms with E-state index in [0.29, 0.717) is 18.5 Å². The monoisotopic (exact) mass is 413 g/mol. The Morgan fingerprint density at radius 2 is 1.86 bits per heavy atom. The van der Waals surface area contributed by atoms with E-state index in [1.54, 1.807) is 18.2 Å². The molecule has 2 N–H and O–H groups in total. The van der Waals surface area contributed by atoms with Crippen molar-refractivity contribution in [3.05, 3.63) is 71.0 Å². The van der Waals surface area contributed by atoms with Crippen LogP contribution in [0, 0.1) is 17.7 Å². The number of carbonyl (C=O) groups excluding carboxylic acids is 3. The van der Waals surface area contributed by atoms with Gasteiger partial charge < -0.3 is 5.32 Å². The predicted octanol–water partition coefficient (Wildman–Crippen LogP) is 3.69. The Morgan fingerprint density at radius 3 is 2.62 bits per heavy atom. The molecule has 8 heteroatoms. The van der Waals surface area contributed by atoms with Crippen LogP contribution >= 0.6 is 11.6 Å². The molecule has 4 rings (SSSR count). The van der Waals surface area contributed by atoms with E-state index < -0.39 is 17.6 Å². The summed E-state index contributed by atoms with van der Waals surface area (Å²) < 4.78 is 13.6. The van der Waals surface area contributed by atoms with Gasteiger partial charge in [-0.15, -0.1) is 0 Å². The number of benzene rings is 2. The third-order valence-corrected chi connectivity index (χ3v) is 5.38. The highest BCUT2D eigenvalue weighted by Crippen LogP contribution is 2.32. The summed E-state index contributed by atoms with van der Waals surface area (Å²) >= 11 is 5.65. The quantitative estimate of drug-likeness (QED) is 0.753. The number of amides is 3. The molecule has 0 saturated carbocycles. The fraction of sp³-hybridized carbons (Fsp3) is 0.190. The molecule has 0 aromatic heterocycles. The fourth-order valence-corrected chi connectivity index (χ4v) is 3.66. The summed E-state index contributed by atoms with van der Waals surface area (Å²) in [6.45, 7) is 0. The van der Waals surface area contributed by atoms with Gasteiger partial charge in [0.1, 0.15) is 5.82 Å². The van der Waals surface area contributed by atoms with Gasteiger partial charge in [0, 0.05) is 11.3 Å². The van der Waals surface area contributed by atoms with Gasteiger partial charge in [-0.1, -0.05) is 29.8 Å². The molecule has 2 unspecified atom stereocenters. The highest BCUT2D eigenvalue weighted by Gasteiger charge is 2.42. The first-order valence-corrected chi connectivity index (χ1v) is 9.48. The van der Waals surface area contributed by atoms with Gasteiger partial charge in [-0.05, 0) is 49.2 Å². The smallest absolute Gasteiger partial charge is 0.255 e. The molecule has 1 heterocycles. The van der Waals surface area contributed by atoms with Crippen molar-refractivity contribution >= 4 is 40.7 Å². The van der Waals surface area contributed by atoms with Gasteiger partial charge in [0.25, 0.3) is 5.91 Å². The maximum absolute atomic E-state index is 13.6. The van der Waals surface area contributed by atoms with E-state index in [1.165, 1.54) is 23.2 Å². The molecule has 2 aromatic rings. The minimum atomic E-state index is -0.643. The average Bonchev–Trinajstić information content (AvgIpc) is 2.73. The number of rotatable bonds is 3. The molecule has 6 nitrogen and oxygen atoms in total. The van der Waals surface area contributed by atoms with Crippen molar-refractivity contribution in [2.75, 3.05) is 10.3 Å². The van der Waals surface area contributed by atoms with Crippen LogP contribution in [0.1, 0.15) is 23.2 Å². The van der Waals surface area contributed by atoms with Gasteiger partial charge >= 0.3 is 0 Å². The largest absolute Gasteiger partial charge is 0.322 e. The number of hydrazine groups is 1. The van der Waals surface area contributed by atoms with Crippen LogP contribution in [0.25, 0.3) is 0 Å². The number of anilines is 2. The second-order valence-electron chi connectivity index (χ2n) is 6.94. The minimum Gasteiger partial charge on any atom is -0.322 e. The van der Waals surface area contributed by atoms with Gasteiger partial charge in [0.15, 0.2) is 0 Å². The van der Waals surface area contributed by atoms with Crippen molar-refractivity contribution in [3.63, 3.8) is 0 Å². The van der Waals surface area contributed by atoms with Crippen LogP contribution in [0.4, 0.5) is 15.8 Å². The summed E-state index contributed by atoms with van der Waals surface area (Å²) in [6, 6.07) is 10.3. The van der Waals surface area contributed by atoms with Gasteiger partial charge in [-0.25, -0.2) is 9.40 Å². The highest BCUT2D eigenvalue weighted by atomic mass is 35.5. The number of hydrogen-bond acceptors (Lipinski definition) is 3. The number of halogens is 2. The van der Waals surface area contributed by atoms with E-state index in [1.807, 2.05) is 12.2 Å². The van der Waals surface area contributed by atoms with Crippen LogP contribution in [0.3, 0.4) is 0 Å². The van der Waals surface area contributed by atoms with Crippen molar-refractivity contribution in [2.24, 2.45) is 11.8 Å². The van der Waals surface area contributed by atoms with Gasteiger partial charge in [-0.3, -0.25) is 19.8 Å². The Labute approximate surface area is 171 Å². The number of carbonyl (C=O) groups is 3. The van der Waals surface area contributed by atoms with E-state index in [-0.39, 0.29) is 34.0 Å². The van der Waals surface area contributed by atoms with Crippen molar-refractivity contribution in [3.8, 4) is 0 Å². The summed E-state index contributed by atoms with van der Waals surface area (Å²) in [6.07, 6.45) is 4.87. The SMILES string of the molecule is O=C(Nc1ccc(Cl)c(F)c1)c1cccc(N2NC(=O)C3CC=CCC3C2=O)c1. The lowest BCUT2D eigenvalue weighted by atomic mass is 9.80. The highest BCUT2D eigenvalue weighted by molar-refractivity contribution is 6.30. The lowest BCUT2D eigenvalue weighted by Crippen LogP contribution is -2.59. The molecule has 0 bridgehead atoms. The molecular formula is C21H17ClFN3O3. The zero-order valence-electron chi connectivity index (χ0n) is 15.2. The summed E-state index contributed by atoms with van der Waals surface area (Å²) in [5.74, 6) is -2.33. The summed E-state index contributed by atoms with van der Waals surface area (Å²) in [5.41, 5.74) is 3.51. The Morgan fingerprint density at radius 1 is 1.10 bits per heavy atom. The number of nitrogens with one attached hydrogen (secondary N) is 2. The molecule has 2 aliphatic rings. The Hall–Kier alpha value is -3.19. The molecule has 3 amide bonds. The van der Waals surface area contributed by atoms with Crippen LogP contribution in [-0.2, 0) is 9.59 Å². The first-order valence-electron chi connectivity index (χ1n) is 9.10. The maximum Gasteiger partial charge on any atom is 0.255 e. The summed E-state index contributed by atoms with van der Waals surface area (Å²) in [7, 11) is 0.